The molecule has 0 spiro atoms. The Morgan fingerprint density at radius 2 is 1.79 bits per heavy atom. The van der Waals surface area contributed by atoms with E-state index in [4.69, 9.17) is 14.2 Å². The maximum absolute atomic E-state index is 10.4. The molecule has 0 saturated heterocycles. The van der Waals surface area contributed by atoms with Crippen molar-refractivity contribution in [3.63, 3.8) is 0 Å². The van der Waals surface area contributed by atoms with Crippen LogP contribution in [0.25, 0.3) is 0 Å². The van der Waals surface area contributed by atoms with E-state index in [0.29, 0.717) is 42.8 Å². The van der Waals surface area contributed by atoms with E-state index in [2.05, 4.69) is 15.6 Å². The number of aliphatic imine (C=N–C) groups is 1. The molecule has 7 nitrogen and oxygen atoms in total. The third-order valence-corrected chi connectivity index (χ3v) is 3.27. The number of nitrogens with zero attached hydrogens (tertiary/aromatic N) is 1. The fourth-order valence-corrected chi connectivity index (χ4v) is 2.03. The highest BCUT2D eigenvalue weighted by atomic mass is 16.5. The fraction of sp³-hybridized carbons (Fsp3) is 0.588. The molecule has 1 unspecified atom stereocenters. The zero-order chi connectivity index (χ0) is 17.8. The third-order valence-electron chi connectivity index (χ3n) is 3.27. The van der Waals surface area contributed by atoms with Crippen molar-refractivity contribution >= 4 is 5.96 Å². The summed E-state index contributed by atoms with van der Waals surface area (Å²) in [6, 6.07) is 5.31. The van der Waals surface area contributed by atoms with Crippen LogP contribution in [0.3, 0.4) is 0 Å². The normalized spacial score (nSPS) is 12.6. The summed E-state index contributed by atoms with van der Waals surface area (Å²) >= 11 is 0. The van der Waals surface area contributed by atoms with E-state index < -0.39 is 6.10 Å². The first-order valence-corrected chi connectivity index (χ1v) is 8.15. The van der Waals surface area contributed by atoms with Crippen LogP contribution in [0.5, 0.6) is 11.5 Å². The molecule has 0 radical (unpaired) electrons. The first-order chi connectivity index (χ1) is 11.6. The lowest BCUT2D eigenvalue weighted by Crippen LogP contribution is -2.39. The molecule has 0 heterocycles. The molecule has 3 N–H and O–H groups in total. The van der Waals surface area contributed by atoms with Crippen molar-refractivity contribution in [1.29, 1.82) is 0 Å². The van der Waals surface area contributed by atoms with E-state index in [1.54, 1.807) is 32.4 Å². The molecule has 1 aromatic carbocycles. The van der Waals surface area contributed by atoms with E-state index in [-0.39, 0.29) is 6.54 Å². The Kier molecular flexibility index (Phi) is 9.64. The molecule has 0 aliphatic rings. The van der Waals surface area contributed by atoms with Gasteiger partial charge in [0.2, 0.25) is 0 Å². The summed E-state index contributed by atoms with van der Waals surface area (Å²) < 4.78 is 15.7. The molecule has 0 aliphatic heterocycles. The molecule has 0 fully saturated rings. The van der Waals surface area contributed by atoms with Crippen LogP contribution in [0.4, 0.5) is 0 Å². The quantitative estimate of drug-likeness (QED) is 0.339. The van der Waals surface area contributed by atoms with Crippen molar-refractivity contribution in [1.82, 2.24) is 10.6 Å². The Bertz CT molecular complexity index is 486. The van der Waals surface area contributed by atoms with Crippen LogP contribution in [-0.4, -0.2) is 58.1 Å². The number of methoxy groups -OCH3 is 2. The second-order valence-corrected chi connectivity index (χ2v) is 5.01. The summed E-state index contributed by atoms with van der Waals surface area (Å²) in [4.78, 5) is 4.41. The van der Waals surface area contributed by atoms with Gasteiger partial charge in [0, 0.05) is 25.8 Å². The zero-order valence-corrected chi connectivity index (χ0v) is 15.0. The molecule has 0 bridgehead atoms. The predicted molar refractivity (Wildman–Crippen MR) is 95.0 cm³/mol. The van der Waals surface area contributed by atoms with Gasteiger partial charge >= 0.3 is 0 Å². The average Bonchev–Trinajstić information content (AvgIpc) is 2.62. The van der Waals surface area contributed by atoms with Gasteiger partial charge in [-0.2, -0.15) is 0 Å². The van der Waals surface area contributed by atoms with Crippen LogP contribution in [0, 0.1) is 0 Å². The van der Waals surface area contributed by atoms with Gasteiger partial charge in [-0.3, -0.25) is 4.99 Å². The molecule has 7 heteroatoms. The van der Waals surface area contributed by atoms with Crippen LogP contribution < -0.4 is 20.1 Å². The summed E-state index contributed by atoms with van der Waals surface area (Å²) in [5.74, 6) is 1.91. The SMILES string of the molecule is CCNC(=NCC(O)c1cc(OC)cc(OC)c1)NCCOCC. The van der Waals surface area contributed by atoms with E-state index >= 15 is 0 Å². The van der Waals surface area contributed by atoms with Crippen LogP contribution in [0.2, 0.25) is 0 Å². The predicted octanol–water partition coefficient (Wildman–Crippen LogP) is 1.33. The number of guanidine groups is 1. The zero-order valence-electron chi connectivity index (χ0n) is 15.0. The number of ether oxygens (including phenoxy) is 3. The Morgan fingerprint density at radius 1 is 1.12 bits per heavy atom. The van der Waals surface area contributed by atoms with Crippen LogP contribution in [0.1, 0.15) is 25.5 Å². The lowest BCUT2D eigenvalue weighted by Gasteiger charge is -2.14. The van der Waals surface area contributed by atoms with Crippen LogP contribution in [-0.2, 0) is 4.74 Å². The van der Waals surface area contributed by atoms with Gasteiger partial charge in [0.25, 0.3) is 0 Å². The van der Waals surface area contributed by atoms with Crippen molar-refractivity contribution < 1.29 is 19.3 Å². The molecule has 0 amide bonds. The molecular weight excluding hydrogens is 310 g/mol. The molecule has 1 aromatic rings. The molecular formula is C17H29N3O4. The van der Waals surface area contributed by atoms with E-state index in [1.165, 1.54) is 0 Å². The van der Waals surface area contributed by atoms with Gasteiger partial charge in [-0.05, 0) is 31.5 Å². The molecule has 24 heavy (non-hydrogen) atoms. The smallest absolute Gasteiger partial charge is 0.191 e. The highest BCUT2D eigenvalue weighted by Crippen LogP contribution is 2.26. The summed E-state index contributed by atoms with van der Waals surface area (Å²) in [5.41, 5.74) is 0.695. The van der Waals surface area contributed by atoms with Gasteiger partial charge in [-0.15, -0.1) is 0 Å². The van der Waals surface area contributed by atoms with Crippen molar-refractivity contribution in [3.8, 4) is 11.5 Å². The van der Waals surface area contributed by atoms with E-state index in [1.807, 2.05) is 13.8 Å². The minimum absolute atomic E-state index is 0.223. The monoisotopic (exact) mass is 339 g/mol. The van der Waals surface area contributed by atoms with Crippen LogP contribution in [0.15, 0.2) is 23.2 Å². The van der Waals surface area contributed by atoms with E-state index in [0.717, 1.165) is 6.54 Å². The van der Waals surface area contributed by atoms with Crippen molar-refractivity contribution in [2.24, 2.45) is 4.99 Å². The van der Waals surface area contributed by atoms with Gasteiger partial charge in [-0.25, -0.2) is 0 Å². The van der Waals surface area contributed by atoms with Gasteiger partial charge in [0.05, 0.1) is 33.5 Å². The summed E-state index contributed by atoms with van der Waals surface area (Å²) in [7, 11) is 3.16. The number of aliphatic hydroxyl groups is 1. The van der Waals surface area contributed by atoms with Gasteiger partial charge in [0.1, 0.15) is 11.5 Å². The minimum atomic E-state index is -0.753. The molecule has 136 valence electrons. The van der Waals surface area contributed by atoms with Gasteiger partial charge in [-0.1, -0.05) is 0 Å². The lowest BCUT2D eigenvalue weighted by molar-refractivity contribution is 0.152. The standard InChI is InChI=1S/C17H29N3O4/c1-5-18-17(19-7-8-24-6-2)20-12-16(21)13-9-14(22-3)11-15(10-13)23-4/h9-11,16,21H,5-8,12H2,1-4H3,(H2,18,19,20). The highest BCUT2D eigenvalue weighted by Gasteiger charge is 2.11. The van der Waals surface area contributed by atoms with Crippen molar-refractivity contribution in [3.05, 3.63) is 23.8 Å². The first kappa shape index (κ1) is 20.1. The number of aliphatic hydroxyl groups excluding tert-OH is 1. The topological polar surface area (TPSA) is 84.3 Å². The number of hydrogen-bond acceptors (Lipinski definition) is 5. The molecule has 1 rings (SSSR count). The molecule has 1 atom stereocenters. The lowest BCUT2D eigenvalue weighted by atomic mass is 10.1. The second-order valence-electron chi connectivity index (χ2n) is 5.01. The first-order valence-electron chi connectivity index (χ1n) is 8.15. The van der Waals surface area contributed by atoms with E-state index in [9.17, 15) is 5.11 Å². The third kappa shape index (κ3) is 7.06. The Labute approximate surface area is 144 Å². The Hall–Kier alpha value is -1.99. The maximum atomic E-state index is 10.4. The van der Waals surface area contributed by atoms with Gasteiger partial charge in [0.15, 0.2) is 5.96 Å². The van der Waals surface area contributed by atoms with Crippen molar-refractivity contribution in [2.45, 2.75) is 20.0 Å². The fourth-order valence-electron chi connectivity index (χ4n) is 2.03. The molecule has 0 saturated carbocycles. The maximum Gasteiger partial charge on any atom is 0.191 e. The number of benzene rings is 1. The summed E-state index contributed by atoms with van der Waals surface area (Å²) in [6.07, 6.45) is -0.753. The largest absolute Gasteiger partial charge is 0.497 e. The molecule has 0 aromatic heterocycles. The minimum Gasteiger partial charge on any atom is -0.497 e. The summed E-state index contributed by atoms with van der Waals surface area (Å²) in [6.45, 7) is 6.86. The second kappa shape index (κ2) is 11.5. The summed E-state index contributed by atoms with van der Waals surface area (Å²) in [5, 5.41) is 16.7. The number of rotatable bonds is 10. The molecule has 0 aliphatic carbocycles. The number of hydrogen-bond donors (Lipinski definition) is 3. The van der Waals surface area contributed by atoms with Crippen LogP contribution >= 0.6 is 0 Å². The highest BCUT2D eigenvalue weighted by molar-refractivity contribution is 5.79. The Morgan fingerprint density at radius 3 is 2.33 bits per heavy atom. The van der Waals surface area contributed by atoms with Gasteiger partial charge < -0.3 is 30.0 Å². The average molecular weight is 339 g/mol. The van der Waals surface area contributed by atoms with Crippen molar-refractivity contribution in [2.75, 3.05) is 47.1 Å². The Balaban J connectivity index is 2.70. The number of nitrogens with one attached hydrogen (secondary N) is 2.